The zero-order chi connectivity index (χ0) is 23.4. The number of hydrogen-bond donors (Lipinski definition) is 4. The molecule has 0 amide bonds. The van der Waals surface area contributed by atoms with Gasteiger partial charge in [-0.1, -0.05) is 11.6 Å². The van der Waals surface area contributed by atoms with Gasteiger partial charge in [0.25, 0.3) is 0 Å². The van der Waals surface area contributed by atoms with Gasteiger partial charge in [0.2, 0.25) is 5.88 Å². The van der Waals surface area contributed by atoms with E-state index >= 15 is 0 Å². The van der Waals surface area contributed by atoms with Crippen molar-refractivity contribution in [2.75, 3.05) is 23.5 Å². The van der Waals surface area contributed by atoms with E-state index in [1.54, 1.807) is 13.0 Å². The lowest BCUT2D eigenvalue weighted by Gasteiger charge is -2.24. The fourth-order valence-corrected chi connectivity index (χ4v) is 4.40. The number of hydrogen-bond acceptors (Lipinski definition) is 8. The van der Waals surface area contributed by atoms with Crippen LogP contribution < -0.4 is 20.5 Å². The fraction of sp³-hybridized carbons (Fsp3) is 0.261. The standard InChI is InChI=1S/C23H24ClFN6OS/c1-13(26)20-21(27)29-22(30-23(20)32-17-8-10-28-11-9-17)14-2-5-16(6-3-14)31-33-19-12-15(24)4-7-18(19)25/h2-7,12,17,26,28,31H,8-11H2,1H3,(H2,27,29,30). The van der Waals surface area contributed by atoms with Crippen LogP contribution in [0.3, 0.4) is 0 Å². The summed E-state index contributed by atoms with van der Waals surface area (Å²) in [6.07, 6.45) is 1.74. The average Bonchev–Trinajstić information content (AvgIpc) is 2.80. The molecule has 0 saturated carbocycles. The van der Waals surface area contributed by atoms with E-state index in [1.165, 1.54) is 12.1 Å². The third kappa shape index (κ3) is 5.73. The summed E-state index contributed by atoms with van der Waals surface area (Å²) in [5.74, 6) is 0.624. The number of nitrogens with zero attached hydrogens (tertiary/aromatic N) is 2. The third-order valence-corrected chi connectivity index (χ3v) is 6.26. The van der Waals surface area contributed by atoms with E-state index in [2.05, 4.69) is 20.0 Å². The van der Waals surface area contributed by atoms with Crippen LogP contribution in [0.5, 0.6) is 5.88 Å². The largest absolute Gasteiger partial charge is 0.474 e. The number of halogens is 2. The fourth-order valence-electron chi connectivity index (χ4n) is 3.45. The summed E-state index contributed by atoms with van der Waals surface area (Å²) in [7, 11) is 0. The first-order valence-electron chi connectivity index (χ1n) is 10.5. The number of nitrogens with two attached hydrogens (primary N) is 1. The van der Waals surface area contributed by atoms with Crippen LogP contribution in [-0.2, 0) is 0 Å². The molecule has 1 aliphatic heterocycles. The van der Waals surface area contributed by atoms with Gasteiger partial charge < -0.3 is 25.9 Å². The second-order valence-corrected chi connectivity index (χ2v) is 8.95. The highest BCUT2D eigenvalue weighted by atomic mass is 35.5. The van der Waals surface area contributed by atoms with Gasteiger partial charge in [-0.2, -0.15) is 4.98 Å². The molecule has 4 rings (SSSR count). The average molecular weight is 487 g/mol. The highest BCUT2D eigenvalue weighted by Crippen LogP contribution is 2.30. The number of anilines is 2. The maximum absolute atomic E-state index is 13.9. The predicted molar refractivity (Wildman–Crippen MR) is 132 cm³/mol. The van der Waals surface area contributed by atoms with E-state index in [9.17, 15) is 4.39 Å². The van der Waals surface area contributed by atoms with Crippen LogP contribution >= 0.6 is 23.5 Å². The Morgan fingerprint density at radius 1 is 1.21 bits per heavy atom. The van der Waals surface area contributed by atoms with E-state index in [0.29, 0.717) is 27.2 Å². The molecule has 3 aromatic rings. The van der Waals surface area contributed by atoms with Crippen LogP contribution in [0.15, 0.2) is 47.4 Å². The van der Waals surface area contributed by atoms with Crippen molar-refractivity contribution in [3.63, 3.8) is 0 Å². The quantitative estimate of drug-likeness (QED) is 0.270. The molecule has 2 heterocycles. The van der Waals surface area contributed by atoms with E-state index in [-0.39, 0.29) is 23.5 Å². The van der Waals surface area contributed by atoms with Gasteiger partial charge in [0.15, 0.2) is 5.82 Å². The van der Waals surface area contributed by atoms with Crippen molar-refractivity contribution in [2.45, 2.75) is 30.8 Å². The Morgan fingerprint density at radius 3 is 2.64 bits per heavy atom. The monoisotopic (exact) mass is 486 g/mol. The Bertz CT molecular complexity index is 1150. The van der Waals surface area contributed by atoms with Crippen LogP contribution in [-0.4, -0.2) is 34.9 Å². The number of benzene rings is 2. The van der Waals surface area contributed by atoms with Gasteiger partial charge in [-0.15, -0.1) is 0 Å². The molecule has 0 spiro atoms. The lowest BCUT2D eigenvalue weighted by molar-refractivity contribution is 0.155. The Hall–Kier alpha value is -2.88. The van der Waals surface area contributed by atoms with Gasteiger partial charge in [0, 0.05) is 22.0 Å². The van der Waals surface area contributed by atoms with Crippen molar-refractivity contribution in [3.05, 3.63) is 58.9 Å². The second kappa shape index (κ2) is 10.4. The molecule has 1 saturated heterocycles. The predicted octanol–water partition coefficient (Wildman–Crippen LogP) is 5.16. The minimum atomic E-state index is -0.347. The summed E-state index contributed by atoms with van der Waals surface area (Å²) in [6.45, 7) is 3.40. The smallest absolute Gasteiger partial charge is 0.228 e. The molecule has 33 heavy (non-hydrogen) atoms. The minimum Gasteiger partial charge on any atom is -0.474 e. The summed E-state index contributed by atoms with van der Waals surface area (Å²) in [4.78, 5) is 9.41. The number of rotatable bonds is 7. The van der Waals surface area contributed by atoms with E-state index < -0.39 is 0 Å². The SMILES string of the molecule is CC(=N)c1c(N)nc(-c2ccc(NSc3cc(Cl)ccc3F)cc2)nc1OC1CCNCC1. The van der Waals surface area contributed by atoms with Gasteiger partial charge in [0.05, 0.1) is 10.5 Å². The molecular weight excluding hydrogens is 463 g/mol. The normalized spacial score (nSPS) is 14.2. The summed E-state index contributed by atoms with van der Waals surface area (Å²) < 4.78 is 23.2. The topological polar surface area (TPSA) is 109 Å². The minimum absolute atomic E-state index is 0.0157. The Kier molecular flexibility index (Phi) is 7.32. The number of aromatic nitrogens is 2. The van der Waals surface area contributed by atoms with Crippen molar-refractivity contribution in [1.82, 2.24) is 15.3 Å². The molecule has 2 aromatic carbocycles. The van der Waals surface area contributed by atoms with Gasteiger partial charge >= 0.3 is 0 Å². The molecule has 0 radical (unpaired) electrons. The zero-order valence-corrected chi connectivity index (χ0v) is 19.6. The number of nitrogens with one attached hydrogen (secondary N) is 3. The van der Waals surface area contributed by atoms with Gasteiger partial charge in [-0.3, -0.25) is 0 Å². The summed E-state index contributed by atoms with van der Waals surface area (Å²) in [5, 5.41) is 11.9. The Balaban J connectivity index is 1.54. The first kappa shape index (κ1) is 23.3. The van der Waals surface area contributed by atoms with Crippen LogP contribution in [0.1, 0.15) is 25.3 Å². The van der Waals surface area contributed by atoms with Gasteiger partial charge in [0.1, 0.15) is 17.7 Å². The number of nitrogen functional groups attached to an aromatic ring is 1. The first-order valence-corrected chi connectivity index (χ1v) is 11.7. The molecule has 1 aliphatic rings. The Labute approximate surface area is 200 Å². The summed E-state index contributed by atoms with van der Waals surface area (Å²) in [5.41, 5.74) is 8.39. The van der Waals surface area contributed by atoms with Crippen LogP contribution in [0.25, 0.3) is 11.4 Å². The van der Waals surface area contributed by atoms with Crippen molar-refractivity contribution in [1.29, 1.82) is 5.41 Å². The molecule has 172 valence electrons. The van der Waals surface area contributed by atoms with Gasteiger partial charge in [-0.05, 0) is 87.3 Å². The lowest BCUT2D eigenvalue weighted by atomic mass is 10.1. The molecule has 7 nitrogen and oxygen atoms in total. The molecule has 0 bridgehead atoms. The van der Waals surface area contributed by atoms with Crippen LogP contribution in [0.4, 0.5) is 15.9 Å². The first-order chi connectivity index (χ1) is 15.9. The number of piperidine rings is 1. The maximum Gasteiger partial charge on any atom is 0.228 e. The van der Waals surface area contributed by atoms with Crippen molar-refractivity contribution in [3.8, 4) is 17.3 Å². The van der Waals surface area contributed by atoms with Crippen LogP contribution in [0, 0.1) is 11.2 Å². The van der Waals surface area contributed by atoms with Gasteiger partial charge in [-0.25, -0.2) is 9.37 Å². The van der Waals surface area contributed by atoms with E-state index in [4.69, 9.17) is 27.5 Å². The third-order valence-electron chi connectivity index (χ3n) is 5.16. The lowest BCUT2D eigenvalue weighted by Crippen LogP contribution is -2.34. The molecule has 1 aromatic heterocycles. The molecule has 5 N–H and O–H groups in total. The molecule has 10 heteroatoms. The molecule has 0 atom stereocenters. The molecule has 0 unspecified atom stereocenters. The highest BCUT2D eigenvalue weighted by molar-refractivity contribution is 8.00. The van der Waals surface area contributed by atoms with E-state index in [0.717, 1.165) is 49.1 Å². The van der Waals surface area contributed by atoms with Crippen molar-refractivity contribution >= 4 is 40.8 Å². The molecule has 1 fully saturated rings. The van der Waals surface area contributed by atoms with Crippen molar-refractivity contribution < 1.29 is 9.13 Å². The molecular formula is C23H24ClFN6OS. The molecule has 0 aliphatic carbocycles. The zero-order valence-electron chi connectivity index (χ0n) is 18.0. The maximum atomic E-state index is 13.9. The summed E-state index contributed by atoms with van der Waals surface area (Å²) >= 11 is 7.08. The Morgan fingerprint density at radius 2 is 1.94 bits per heavy atom. The highest BCUT2D eigenvalue weighted by Gasteiger charge is 2.21. The second-order valence-electron chi connectivity index (χ2n) is 7.66. The summed E-state index contributed by atoms with van der Waals surface area (Å²) in [6, 6.07) is 11.8. The number of ether oxygens (including phenoxy) is 1. The van der Waals surface area contributed by atoms with E-state index in [1.807, 2.05) is 24.3 Å². The van der Waals surface area contributed by atoms with Crippen molar-refractivity contribution in [2.24, 2.45) is 0 Å². The van der Waals surface area contributed by atoms with Crippen LogP contribution in [0.2, 0.25) is 5.02 Å².